The van der Waals surface area contributed by atoms with E-state index < -0.39 is 36.3 Å². The highest BCUT2D eigenvalue weighted by atomic mass is 79.9. The smallest absolute Gasteiger partial charge is 0.243 e. The Morgan fingerprint density at radius 2 is 1.95 bits per heavy atom. The highest BCUT2D eigenvalue weighted by molar-refractivity contribution is 9.10. The predicted octanol–water partition coefficient (Wildman–Crippen LogP) is 1.54. The van der Waals surface area contributed by atoms with Crippen LogP contribution in [0, 0.1) is 5.82 Å². The standard InChI is InChI=1S/C10H13BrClFN2O4S2/c1-2-20(16,17)4-3-15-21(18,19)7-5-6(12)8(11)10(14)9(7)13/h5,15H,2-4,14H2,1H3. The van der Waals surface area contributed by atoms with Crippen LogP contribution in [-0.4, -0.2) is 34.9 Å². The first-order valence-electron chi connectivity index (χ1n) is 5.65. The number of hydrogen-bond donors (Lipinski definition) is 2. The molecule has 0 aliphatic heterocycles. The van der Waals surface area contributed by atoms with Crippen LogP contribution < -0.4 is 10.5 Å². The lowest BCUT2D eigenvalue weighted by Crippen LogP contribution is -2.30. The van der Waals surface area contributed by atoms with Gasteiger partial charge in [0.2, 0.25) is 10.0 Å². The minimum Gasteiger partial charge on any atom is -0.395 e. The molecule has 0 aliphatic carbocycles. The molecule has 0 radical (unpaired) electrons. The molecule has 0 amide bonds. The summed E-state index contributed by atoms with van der Waals surface area (Å²) in [4.78, 5) is -0.734. The van der Waals surface area contributed by atoms with Crippen LogP contribution in [-0.2, 0) is 19.9 Å². The average molecular weight is 424 g/mol. The molecule has 1 aromatic carbocycles. The zero-order valence-corrected chi connectivity index (χ0v) is 14.8. The molecule has 0 heterocycles. The molecular weight excluding hydrogens is 411 g/mol. The van der Waals surface area contributed by atoms with Gasteiger partial charge in [0.25, 0.3) is 0 Å². The zero-order chi connectivity index (χ0) is 16.4. The van der Waals surface area contributed by atoms with Crippen LogP contribution in [0.4, 0.5) is 10.1 Å². The van der Waals surface area contributed by atoms with E-state index >= 15 is 0 Å². The number of nitrogens with one attached hydrogen (secondary N) is 1. The van der Waals surface area contributed by atoms with Gasteiger partial charge in [0.1, 0.15) is 4.90 Å². The summed E-state index contributed by atoms with van der Waals surface area (Å²) in [6.07, 6.45) is 0. The molecule has 11 heteroatoms. The fourth-order valence-corrected chi connectivity index (χ4v) is 3.89. The summed E-state index contributed by atoms with van der Waals surface area (Å²) in [6.45, 7) is 1.07. The Balaban J connectivity index is 3.05. The van der Waals surface area contributed by atoms with Gasteiger partial charge in [-0.15, -0.1) is 0 Å². The summed E-state index contributed by atoms with van der Waals surface area (Å²) in [5.74, 6) is -1.65. The average Bonchev–Trinajstić information content (AvgIpc) is 2.39. The first kappa shape index (κ1) is 18.6. The molecule has 0 atom stereocenters. The normalized spacial score (nSPS) is 12.6. The Morgan fingerprint density at radius 1 is 1.38 bits per heavy atom. The van der Waals surface area contributed by atoms with Crippen LogP contribution in [0.5, 0.6) is 0 Å². The van der Waals surface area contributed by atoms with E-state index in [0.717, 1.165) is 6.07 Å². The maximum atomic E-state index is 13.9. The molecule has 120 valence electrons. The van der Waals surface area contributed by atoms with Crippen molar-refractivity contribution in [3.63, 3.8) is 0 Å². The first-order chi connectivity index (χ1) is 9.52. The van der Waals surface area contributed by atoms with E-state index in [0.29, 0.717) is 0 Å². The van der Waals surface area contributed by atoms with Gasteiger partial charge in [0.05, 0.1) is 20.9 Å². The number of sulfone groups is 1. The van der Waals surface area contributed by atoms with E-state index in [-0.39, 0.29) is 27.5 Å². The monoisotopic (exact) mass is 422 g/mol. The number of nitrogen functional groups attached to an aromatic ring is 1. The summed E-state index contributed by atoms with van der Waals surface area (Å²) in [5, 5.41) is -0.0737. The Hall–Kier alpha value is -0.420. The van der Waals surface area contributed by atoms with Gasteiger partial charge in [-0.25, -0.2) is 25.9 Å². The lowest BCUT2D eigenvalue weighted by molar-refractivity contribution is 0.559. The van der Waals surface area contributed by atoms with Gasteiger partial charge in [-0.2, -0.15) is 0 Å². The number of anilines is 1. The molecule has 0 saturated carbocycles. The summed E-state index contributed by atoms with van der Waals surface area (Å²) in [7, 11) is -7.59. The maximum absolute atomic E-state index is 13.9. The Kier molecular flexibility index (Phi) is 6.01. The van der Waals surface area contributed by atoms with Crippen molar-refractivity contribution >= 4 is 53.1 Å². The molecule has 0 unspecified atom stereocenters. The third kappa shape index (κ3) is 4.52. The summed E-state index contributed by atoms with van der Waals surface area (Å²) in [5.41, 5.74) is 4.96. The third-order valence-electron chi connectivity index (χ3n) is 2.59. The molecule has 0 bridgehead atoms. The van der Waals surface area contributed by atoms with Crippen LogP contribution in [0.1, 0.15) is 6.92 Å². The lowest BCUT2D eigenvalue weighted by Gasteiger charge is -2.11. The molecule has 1 aromatic rings. The van der Waals surface area contributed by atoms with Crippen molar-refractivity contribution in [1.82, 2.24) is 4.72 Å². The molecule has 21 heavy (non-hydrogen) atoms. The molecule has 0 aliphatic rings. The van der Waals surface area contributed by atoms with Crippen LogP contribution in [0.2, 0.25) is 5.02 Å². The largest absolute Gasteiger partial charge is 0.395 e. The van der Waals surface area contributed by atoms with Gasteiger partial charge in [0.15, 0.2) is 15.7 Å². The number of hydrogen-bond acceptors (Lipinski definition) is 5. The lowest BCUT2D eigenvalue weighted by atomic mass is 10.3. The second-order valence-electron chi connectivity index (χ2n) is 4.03. The number of rotatable bonds is 6. The van der Waals surface area contributed by atoms with Gasteiger partial charge in [-0.3, -0.25) is 0 Å². The highest BCUT2D eigenvalue weighted by Crippen LogP contribution is 2.34. The second kappa shape index (κ2) is 6.78. The van der Waals surface area contributed by atoms with Crippen LogP contribution >= 0.6 is 27.5 Å². The molecule has 1 rings (SSSR count). The van der Waals surface area contributed by atoms with E-state index in [1.54, 1.807) is 0 Å². The Labute approximate surface area is 136 Å². The molecule has 0 fully saturated rings. The second-order valence-corrected chi connectivity index (χ2v) is 9.44. The minimum absolute atomic E-state index is 0.0502. The van der Waals surface area contributed by atoms with E-state index in [9.17, 15) is 21.2 Å². The summed E-state index contributed by atoms with van der Waals surface area (Å²) in [6, 6.07) is 0.897. The van der Waals surface area contributed by atoms with Crippen LogP contribution in [0.25, 0.3) is 0 Å². The van der Waals surface area contributed by atoms with Gasteiger partial charge in [-0.1, -0.05) is 18.5 Å². The van der Waals surface area contributed by atoms with Crippen molar-refractivity contribution in [3.05, 3.63) is 21.4 Å². The third-order valence-corrected chi connectivity index (χ3v) is 7.14. The van der Waals surface area contributed by atoms with Crippen molar-refractivity contribution in [2.75, 3.05) is 23.8 Å². The van der Waals surface area contributed by atoms with Crippen molar-refractivity contribution < 1.29 is 21.2 Å². The maximum Gasteiger partial charge on any atom is 0.243 e. The fourth-order valence-electron chi connectivity index (χ4n) is 1.35. The number of sulfonamides is 1. The van der Waals surface area contributed by atoms with E-state index in [1.807, 2.05) is 4.72 Å². The topological polar surface area (TPSA) is 106 Å². The van der Waals surface area contributed by atoms with E-state index in [1.165, 1.54) is 6.92 Å². The number of benzene rings is 1. The Bertz CT molecular complexity index is 753. The van der Waals surface area contributed by atoms with Crippen LogP contribution in [0.3, 0.4) is 0 Å². The quantitative estimate of drug-likeness (QED) is 0.533. The van der Waals surface area contributed by atoms with E-state index in [2.05, 4.69) is 15.9 Å². The van der Waals surface area contributed by atoms with Crippen LogP contribution in [0.15, 0.2) is 15.4 Å². The zero-order valence-electron chi connectivity index (χ0n) is 10.9. The molecule has 3 N–H and O–H groups in total. The highest BCUT2D eigenvalue weighted by Gasteiger charge is 2.24. The van der Waals surface area contributed by atoms with Crippen molar-refractivity contribution in [2.45, 2.75) is 11.8 Å². The first-order valence-corrected chi connectivity index (χ1v) is 10.1. The summed E-state index contributed by atoms with van der Waals surface area (Å²) >= 11 is 8.67. The molecule has 0 spiro atoms. The Morgan fingerprint density at radius 3 is 2.48 bits per heavy atom. The summed E-state index contributed by atoms with van der Waals surface area (Å²) < 4.78 is 62.5. The van der Waals surface area contributed by atoms with Gasteiger partial charge in [-0.05, 0) is 22.0 Å². The molecule has 0 aromatic heterocycles. The molecule has 0 saturated heterocycles. The van der Waals surface area contributed by atoms with Crippen molar-refractivity contribution in [2.24, 2.45) is 0 Å². The molecule has 6 nitrogen and oxygen atoms in total. The predicted molar refractivity (Wildman–Crippen MR) is 83.0 cm³/mol. The number of halogens is 3. The van der Waals surface area contributed by atoms with E-state index in [4.69, 9.17) is 17.3 Å². The SMILES string of the molecule is CCS(=O)(=O)CCNS(=O)(=O)c1cc(Cl)c(Br)c(N)c1F. The molecular formula is C10H13BrClFN2O4S2. The van der Waals surface area contributed by atoms with Gasteiger partial charge < -0.3 is 5.73 Å². The van der Waals surface area contributed by atoms with Crippen molar-refractivity contribution in [1.29, 1.82) is 0 Å². The van der Waals surface area contributed by atoms with Gasteiger partial charge in [0, 0.05) is 12.3 Å². The van der Waals surface area contributed by atoms with Crippen molar-refractivity contribution in [3.8, 4) is 0 Å². The number of nitrogens with two attached hydrogens (primary N) is 1. The minimum atomic E-state index is -4.26. The fraction of sp³-hybridized carbons (Fsp3) is 0.400. The van der Waals surface area contributed by atoms with Gasteiger partial charge >= 0.3 is 0 Å².